The van der Waals surface area contributed by atoms with Gasteiger partial charge in [-0.15, -0.1) is 0 Å². The number of nitrogen functional groups attached to an aromatic ring is 1. The lowest BCUT2D eigenvalue weighted by atomic mass is 10.0. The molecule has 0 unspecified atom stereocenters. The van der Waals surface area contributed by atoms with Crippen LogP contribution in [0.4, 0.5) is 11.4 Å². The Morgan fingerprint density at radius 2 is 1.83 bits per heavy atom. The molecule has 3 N–H and O–H groups in total. The number of carbonyl (C=O) groups excluding carboxylic acids is 1. The van der Waals surface area contributed by atoms with Crippen molar-refractivity contribution in [3.8, 4) is 5.75 Å². The summed E-state index contributed by atoms with van der Waals surface area (Å²) in [5.41, 5.74) is 7.46. The van der Waals surface area contributed by atoms with Crippen LogP contribution >= 0.6 is 0 Å². The molecule has 2 aromatic carbocycles. The molecule has 0 spiro atoms. The number of benzene rings is 2. The van der Waals surface area contributed by atoms with E-state index in [0.29, 0.717) is 29.5 Å². The van der Waals surface area contributed by atoms with Crippen molar-refractivity contribution in [3.63, 3.8) is 0 Å². The van der Waals surface area contributed by atoms with E-state index >= 15 is 0 Å². The molecule has 2 aromatic rings. The number of anilines is 2. The number of hydrogen-bond acceptors (Lipinski definition) is 4. The third kappa shape index (κ3) is 4.26. The Labute approximate surface area is 141 Å². The fraction of sp³-hybridized carbons (Fsp3) is 0.316. The minimum atomic E-state index is -0.219. The summed E-state index contributed by atoms with van der Waals surface area (Å²) in [6.45, 7) is 2.35. The van der Waals surface area contributed by atoms with Gasteiger partial charge in [0, 0.05) is 24.6 Å². The monoisotopic (exact) mass is 326 g/mol. The van der Waals surface area contributed by atoms with Crippen molar-refractivity contribution >= 4 is 17.3 Å². The summed E-state index contributed by atoms with van der Waals surface area (Å²) in [5, 5.41) is 2.84. The second-order valence-electron chi connectivity index (χ2n) is 5.93. The number of amides is 1. The van der Waals surface area contributed by atoms with Gasteiger partial charge in [-0.25, -0.2) is 0 Å². The van der Waals surface area contributed by atoms with Crippen LogP contribution in [0, 0.1) is 5.92 Å². The van der Waals surface area contributed by atoms with Crippen LogP contribution in [-0.4, -0.2) is 25.7 Å². The van der Waals surface area contributed by atoms with Gasteiger partial charge in [0.1, 0.15) is 5.75 Å². The summed E-state index contributed by atoms with van der Waals surface area (Å²) < 4.78 is 11.2. The molecule has 1 aliphatic rings. The third-order valence-corrected chi connectivity index (χ3v) is 4.14. The molecule has 0 aliphatic carbocycles. The number of nitrogens with one attached hydrogen (secondary N) is 1. The Hall–Kier alpha value is -2.53. The molecule has 1 amide bonds. The highest BCUT2D eigenvalue weighted by Gasteiger charge is 2.14. The van der Waals surface area contributed by atoms with Crippen molar-refractivity contribution in [1.82, 2.24) is 0 Å². The Morgan fingerprint density at radius 3 is 2.54 bits per heavy atom. The van der Waals surface area contributed by atoms with Crippen molar-refractivity contribution in [2.75, 3.05) is 30.9 Å². The van der Waals surface area contributed by atoms with Gasteiger partial charge >= 0.3 is 0 Å². The summed E-state index contributed by atoms with van der Waals surface area (Å²) in [6.07, 6.45) is 2.10. The van der Waals surface area contributed by atoms with E-state index in [1.165, 1.54) is 0 Å². The molecule has 1 heterocycles. The highest BCUT2D eigenvalue weighted by Crippen LogP contribution is 2.20. The second kappa shape index (κ2) is 7.84. The van der Waals surface area contributed by atoms with E-state index in [1.54, 1.807) is 24.3 Å². The summed E-state index contributed by atoms with van der Waals surface area (Å²) in [4.78, 5) is 12.2. The van der Waals surface area contributed by atoms with E-state index in [1.807, 2.05) is 24.3 Å². The molecule has 0 saturated carbocycles. The van der Waals surface area contributed by atoms with Gasteiger partial charge in [-0.2, -0.15) is 0 Å². The molecule has 24 heavy (non-hydrogen) atoms. The fourth-order valence-corrected chi connectivity index (χ4v) is 2.66. The van der Waals surface area contributed by atoms with E-state index in [-0.39, 0.29) is 5.91 Å². The van der Waals surface area contributed by atoms with Crippen LogP contribution in [0.3, 0.4) is 0 Å². The first-order valence-electron chi connectivity index (χ1n) is 8.19. The normalized spacial score (nSPS) is 15.0. The average molecular weight is 326 g/mol. The molecule has 0 radical (unpaired) electrons. The Morgan fingerprint density at radius 1 is 1.12 bits per heavy atom. The number of nitrogens with two attached hydrogens (primary N) is 1. The molecular weight excluding hydrogens is 304 g/mol. The van der Waals surface area contributed by atoms with Gasteiger partial charge < -0.3 is 20.5 Å². The second-order valence-corrected chi connectivity index (χ2v) is 5.93. The maximum absolute atomic E-state index is 12.2. The molecule has 3 rings (SSSR count). The van der Waals surface area contributed by atoms with E-state index in [9.17, 15) is 4.79 Å². The topological polar surface area (TPSA) is 73.6 Å². The fourth-order valence-electron chi connectivity index (χ4n) is 2.66. The van der Waals surface area contributed by atoms with Crippen LogP contribution in [0.25, 0.3) is 0 Å². The van der Waals surface area contributed by atoms with Crippen molar-refractivity contribution in [1.29, 1.82) is 0 Å². The first-order valence-corrected chi connectivity index (χ1v) is 8.19. The summed E-state index contributed by atoms with van der Waals surface area (Å²) in [6, 6.07) is 14.4. The van der Waals surface area contributed by atoms with E-state index < -0.39 is 0 Å². The van der Waals surface area contributed by atoms with Crippen LogP contribution in [0.2, 0.25) is 0 Å². The van der Waals surface area contributed by atoms with Gasteiger partial charge in [-0.05, 0) is 55.2 Å². The average Bonchev–Trinajstić information content (AvgIpc) is 2.62. The van der Waals surface area contributed by atoms with Gasteiger partial charge in [0.2, 0.25) is 0 Å². The zero-order chi connectivity index (χ0) is 16.8. The lowest BCUT2D eigenvalue weighted by Gasteiger charge is -2.22. The molecule has 126 valence electrons. The molecule has 5 heteroatoms. The van der Waals surface area contributed by atoms with Crippen molar-refractivity contribution < 1.29 is 14.3 Å². The van der Waals surface area contributed by atoms with Crippen molar-refractivity contribution in [3.05, 3.63) is 54.1 Å². The molecule has 1 saturated heterocycles. The molecule has 0 atom stereocenters. The molecule has 0 aromatic heterocycles. The third-order valence-electron chi connectivity index (χ3n) is 4.14. The first-order chi connectivity index (χ1) is 11.7. The van der Waals surface area contributed by atoms with Gasteiger partial charge in [0.05, 0.1) is 12.2 Å². The SMILES string of the molecule is Nc1ccccc1C(=O)Nc1ccc(OCC2CCOCC2)cc1. The van der Waals surface area contributed by atoms with E-state index in [0.717, 1.165) is 31.8 Å². The largest absolute Gasteiger partial charge is 0.493 e. The van der Waals surface area contributed by atoms with Crippen molar-refractivity contribution in [2.24, 2.45) is 5.92 Å². The van der Waals surface area contributed by atoms with Gasteiger partial charge in [0.15, 0.2) is 0 Å². The van der Waals surface area contributed by atoms with E-state index in [4.69, 9.17) is 15.2 Å². The van der Waals surface area contributed by atoms with E-state index in [2.05, 4.69) is 5.32 Å². The maximum atomic E-state index is 12.2. The number of carbonyl (C=O) groups is 1. The van der Waals surface area contributed by atoms with Crippen LogP contribution in [0.1, 0.15) is 23.2 Å². The number of ether oxygens (including phenoxy) is 2. The van der Waals surface area contributed by atoms with Crippen LogP contribution in [0.15, 0.2) is 48.5 Å². The molecular formula is C19H22N2O3. The highest BCUT2D eigenvalue weighted by atomic mass is 16.5. The Bertz CT molecular complexity index is 679. The molecule has 5 nitrogen and oxygen atoms in total. The quantitative estimate of drug-likeness (QED) is 0.827. The minimum Gasteiger partial charge on any atom is -0.493 e. The zero-order valence-electron chi connectivity index (χ0n) is 13.5. The smallest absolute Gasteiger partial charge is 0.257 e. The van der Waals surface area contributed by atoms with Crippen LogP contribution in [-0.2, 0) is 4.74 Å². The standard InChI is InChI=1S/C19H22N2O3/c20-18-4-2-1-3-17(18)19(22)21-15-5-7-16(8-6-15)24-13-14-9-11-23-12-10-14/h1-8,14H,9-13,20H2,(H,21,22). The van der Waals surface area contributed by atoms with Crippen molar-refractivity contribution in [2.45, 2.75) is 12.8 Å². The molecule has 0 bridgehead atoms. The number of rotatable bonds is 5. The summed E-state index contributed by atoms with van der Waals surface area (Å²) in [7, 11) is 0. The number of hydrogen-bond donors (Lipinski definition) is 2. The lowest BCUT2D eigenvalue weighted by Crippen LogP contribution is -2.21. The minimum absolute atomic E-state index is 0.219. The van der Waals surface area contributed by atoms with Crippen LogP contribution in [0.5, 0.6) is 5.75 Å². The Balaban J connectivity index is 1.54. The predicted octanol–water partition coefficient (Wildman–Crippen LogP) is 3.33. The Kier molecular flexibility index (Phi) is 5.33. The predicted molar refractivity (Wildman–Crippen MR) is 94.3 cm³/mol. The lowest BCUT2D eigenvalue weighted by molar-refractivity contribution is 0.0497. The zero-order valence-corrected chi connectivity index (χ0v) is 13.5. The molecule has 1 fully saturated rings. The maximum Gasteiger partial charge on any atom is 0.257 e. The highest BCUT2D eigenvalue weighted by molar-refractivity contribution is 6.07. The van der Waals surface area contributed by atoms with Gasteiger partial charge in [-0.1, -0.05) is 12.1 Å². The van der Waals surface area contributed by atoms with Crippen LogP contribution < -0.4 is 15.8 Å². The summed E-state index contributed by atoms with van der Waals surface area (Å²) in [5.74, 6) is 1.14. The van der Waals surface area contributed by atoms with Gasteiger partial charge in [0.25, 0.3) is 5.91 Å². The first kappa shape index (κ1) is 16.3. The molecule has 1 aliphatic heterocycles. The van der Waals surface area contributed by atoms with Gasteiger partial charge in [-0.3, -0.25) is 4.79 Å². The summed E-state index contributed by atoms with van der Waals surface area (Å²) >= 11 is 0. The number of para-hydroxylation sites is 1.